The number of rotatable bonds is 6. The van der Waals surface area contributed by atoms with Gasteiger partial charge in [0.15, 0.2) is 0 Å². The molecule has 2 heteroatoms. The van der Waals surface area contributed by atoms with Crippen molar-refractivity contribution >= 4 is 21.8 Å². The molecule has 216 valence electrons. The molecule has 0 atom stereocenters. The fourth-order valence-corrected chi connectivity index (χ4v) is 7.29. The first-order chi connectivity index (χ1) is 22.1. The molecule has 8 rings (SSSR count). The van der Waals surface area contributed by atoms with Crippen molar-refractivity contribution in [1.29, 1.82) is 0 Å². The zero-order valence-electron chi connectivity index (χ0n) is 25.6. The van der Waals surface area contributed by atoms with Crippen LogP contribution in [0.1, 0.15) is 22.3 Å². The van der Waals surface area contributed by atoms with Gasteiger partial charge in [0, 0.05) is 47.3 Å². The minimum absolute atomic E-state index is 0.503. The Morgan fingerprint density at radius 1 is 0.356 bits per heavy atom. The van der Waals surface area contributed by atoms with Gasteiger partial charge in [-0.1, -0.05) is 146 Å². The zero-order chi connectivity index (χ0) is 30.4. The van der Waals surface area contributed by atoms with Gasteiger partial charge in [0.05, 0.1) is 5.41 Å². The first-order valence-corrected chi connectivity index (χ1v) is 15.6. The normalized spacial score (nSPS) is 11.8. The molecule has 2 nitrogen and oxygen atoms in total. The zero-order valence-corrected chi connectivity index (χ0v) is 25.6. The maximum absolute atomic E-state index is 2.32. The van der Waals surface area contributed by atoms with E-state index in [4.69, 9.17) is 0 Å². The van der Waals surface area contributed by atoms with Gasteiger partial charge in [0.25, 0.3) is 0 Å². The minimum atomic E-state index is -0.503. The molecular weight excluding hydrogens is 544 g/mol. The average Bonchev–Trinajstić information content (AvgIpc) is 3.63. The first kappa shape index (κ1) is 27.0. The fraction of sp³-hybridized carbons (Fsp3) is 0.0698. The summed E-state index contributed by atoms with van der Waals surface area (Å²) in [5.41, 5.74) is 11.8. The second kappa shape index (κ2) is 10.8. The smallest absolute Gasteiger partial charge is 0.0701 e. The number of para-hydroxylation sites is 2. The van der Waals surface area contributed by atoms with Gasteiger partial charge in [-0.15, -0.1) is 0 Å². The van der Waals surface area contributed by atoms with Gasteiger partial charge in [-0.3, -0.25) is 0 Å². The Kier molecular flexibility index (Phi) is 6.50. The van der Waals surface area contributed by atoms with Gasteiger partial charge in [0.2, 0.25) is 0 Å². The molecule has 0 aliphatic carbocycles. The predicted molar refractivity (Wildman–Crippen MR) is 189 cm³/mol. The Morgan fingerprint density at radius 3 is 1.07 bits per heavy atom. The van der Waals surface area contributed by atoms with E-state index < -0.39 is 5.41 Å². The maximum Gasteiger partial charge on any atom is 0.0701 e. The number of fused-ring (bicyclic) bond motifs is 2. The van der Waals surface area contributed by atoms with E-state index in [0.29, 0.717) is 0 Å². The van der Waals surface area contributed by atoms with E-state index in [1.807, 2.05) is 0 Å². The van der Waals surface area contributed by atoms with Crippen LogP contribution in [0.2, 0.25) is 0 Å². The van der Waals surface area contributed by atoms with Gasteiger partial charge in [-0.25, -0.2) is 0 Å². The van der Waals surface area contributed by atoms with Gasteiger partial charge >= 0.3 is 0 Å². The largest absolute Gasteiger partial charge is 0.344 e. The molecule has 0 saturated heterocycles. The molecule has 45 heavy (non-hydrogen) atoms. The molecule has 0 aliphatic heterocycles. The Morgan fingerprint density at radius 2 is 0.689 bits per heavy atom. The monoisotopic (exact) mass is 578 g/mol. The van der Waals surface area contributed by atoms with Crippen LogP contribution >= 0.6 is 0 Å². The standard InChI is InChI=1S/C43H34N2/c1-44-39-19-11-9-13-33(39)29-41(44)31-21-25-37(26-22-31)43(35-15-5-3-6-16-35,36-17-7-4-8-18-36)38-27-23-32(24-28-38)42-30-34-14-10-12-20-40(34)45(42)2/h3-30H,1-2H3. The molecule has 0 spiro atoms. The number of hydrogen-bond acceptors (Lipinski definition) is 0. The third-order valence-corrected chi connectivity index (χ3v) is 9.54. The summed E-state index contributed by atoms with van der Waals surface area (Å²) in [6.07, 6.45) is 0. The third-order valence-electron chi connectivity index (χ3n) is 9.54. The van der Waals surface area contributed by atoms with Gasteiger partial charge < -0.3 is 9.13 Å². The molecule has 0 amide bonds. The van der Waals surface area contributed by atoms with Crippen molar-refractivity contribution in [2.24, 2.45) is 14.1 Å². The lowest BCUT2D eigenvalue weighted by Gasteiger charge is -2.37. The van der Waals surface area contributed by atoms with Crippen LogP contribution in [0.15, 0.2) is 170 Å². The van der Waals surface area contributed by atoms with E-state index in [-0.39, 0.29) is 0 Å². The van der Waals surface area contributed by atoms with Crippen molar-refractivity contribution < 1.29 is 0 Å². The van der Waals surface area contributed by atoms with Crippen molar-refractivity contribution in [2.75, 3.05) is 0 Å². The van der Waals surface area contributed by atoms with Crippen molar-refractivity contribution in [3.63, 3.8) is 0 Å². The van der Waals surface area contributed by atoms with Crippen molar-refractivity contribution in [2.45, 2.75) is 5.41 Å². The molecule has 0 aliphatic rings. The van der Waals surface area contributed by atoms with Crippen LogP contribution in [-0.2, 0) is 19.5 Å². The van der Waals surface area contributed by atoms with Gasteiger partial charge in [0.1, 0.15) is 0 Å². The molecule has 2 heterocycles. The van der Waals surface area contributed by atoms with Crippen LogP contribution in [0.4, 0.5) is 0 Å². The van der Waals surface area contributed by atoms with Crippen molar-refractivity contribution in [1.82, 2.24) is 9.13 Å². The molecule has 0 unspecified atom stereocenters. The lowest BCUT2D eigenvalue weighted by Crippen LogP contribution is -2.31. The van der Waals surface area contributed by atoms with Crippen LogP contribution in [0.5, 0.6) is 0 Å². The number of benzene rings is 6. The van der Waals surface area contributed by atoms with E-state index in [2.05, 4.69) is 193 Å². The molecule has 0 bridgehead atoms. The predicted octanol–water partition coefficient (Wildman–Crippen LogP) is 10.4. The summed E-state index contributed by atoms with van der Waals surface area (Å²) >= 11 is 0. The highest BCUT2D eigenvalue weighted by molar-refractivity contribution is 5.88. The van der Waals surface area contributed by atoms with E-state index >= 15 is 0 Å². The van der Waals surface area contributed by atoms with Gasteiger partial charge in [-0.05, 0) is 57.6 Å². The summed E-state index contributed by atoms with van der Waals surface area (Å²) in [5, 5.41) is 2.52. The Hall–Kier alpha value is -5.60. The number of nitrogens with zero attached hydrogens (tertiary/aromatic N) is 2. The first-order valence-electron chi connectivity index (χ1n) is 15.6. The third kappa shape index (κ3) is 4.33. The Bertz CT molecular complexity index is 2090. The van der Waals surface area contributed by atoms with E-state index in [0.717, 1.165) is 0 Å². The summed E-state index contributed by atoms with van der Waals surface area (Å²) in [5.74, 6) is 0. The number of aromatic nitrogens is 2. The van der Waals surface area contributed by atoms with Crippen LogP contribution in [-0.4, -0.2) is 9.13 Å². The summed E-state index contributed by atoms with van der Waals surface area (Å²) in [6, 6.07) is 62.1. The lowest BCUT2D eigenvalue weighted by atomic mass is 9.65. The summed E-state index contributed by atoms with van der Waals surface area (Å²) < 4.78 is 4.58. The van der Waals surface area contributed by atoms with Crippen LogP contribution < -0.4 is 0 Å². The van der Waals surface area contributed by atoms with Crippen molar-refractivity contribution in [3.8, 4) is 22.5 Å². The molecule has 0 N–H and O–H groups in total. The SMILES string of the molecule is Cn1c(-c2ccc(C(c3ccccc3)(c3ccccc3)c3ccc(-c4cc5ccccc5n4C)cc3)cc2)cc2ccccc21. The molecular formula is C43H34N2. The Labute approximate surface area is 264 Å². The fourth-order valence-electron chi connectivity index (χ4n) is 7.29. The topological polar surface area (TPSA) is 9.86 Å². The highest BCUT2D eigenvalue weighted by atomic mass is 14.9. The molecule has 0 radical (unpaired) electrons. The molecule has 8 aromatic rings. The summed E-state index contributed by atoms with van der Waals surface area (Å²) in [4.78, 5) is 0. The molecule has 0 saturated carbocycles. The minimum Gasteiger partial charge on any atom is -0.344 e. The summed E-state index contributed by atoms with van der Waals surface area (Å²) in [6.45, 7) is 0. The quantitative estimate of drug-likeness (QED) is 0.174. The second-order valence-electron chi connectivity index (χ2n) is 11.9. The average molecular weight is 579 g/mol. The second-order valence-corrected chi connectivity index (χ2v) is 11.9. The van der Waals surface area contributed by atoms with Crippen LogP contribution in [0, 0.1) is 0 Å². The Balaban J connectivity index is 1.31. The highest BCUT2D eigenvalue weighted by Gasteiger charge is 2.38. The van der Waals surface area contributed by atoms with Crippen LogP contribution in [0.25, 0.3) is 44.3 Å². The van der Waals surface area contributed by atoms with E-state index in [1.54, 1.807) is 0 Å². The maximum atomic E-state index is 2.32. The van der Waals surface area contributed by atoms with Crippen molar-refractivity contribution in [3.05, 3.63) is 192 Å². The van der Waals surface area contributed by atoms with Crippen LogP contribution in [0.3, 0.4) is 0 Å². The molecule has 0 fully saturated rings. The number of aryl methyl sites for hydroxylation is 2. The molecule has 2 aromatic heterocycles. The molecule has 6 aromatic carbocycles. The van der Waals surface area contributed by atoms with Gasteiger partial charge in [-0.2, -0.15) is 0 Å². The van der Waals surface area contributed by atoms with E-state index in [1.165, 1.54) is 66.6 Å². The summed E-state index contributed by atoms with van der Waals surface area (Å²) in [7, 11) is 4.31. The van der Waals surface area contributed by atoms with E-state index in [9.17, 15) is 0 Å². The lowest BCUT2D eigenvalue weighted by molar-refractivity contribution is 0.745. The number of hydrogen-bond donors (Lipinski definition) is 0. The highest BCUT2D eigenvalue weighted by Crippen LogP contribution is 2.46.